The highest BCUT2D eigenvalue weighted by Gasteiger charge is 2.53. The lowest BCUT2D eigenvalue weighted by molar-refractivity contribution is -0.687. The molecule has 0 saturated carbocycles. The molecule has 1 fully saturated rings. The number of carboxylic acid groups (broad SMARTS) is 1. The largest absolute Gasteiger partial charge is 0.543 e. The van der Waals surface area contributed by atoms with E-state index in [0.717, 1.165) is 10.3 Å². The molecule has 3 aromatic heterocycles. The number of hydrogen-bond donors (Lipinski definition) is 3. The number of thioether (sulfide) groups is 1. The van der Waals surface area contributed by atoms with Crippen LogP contribution in [0.1, 0.15) is 5.82 Å². The fraction of sp³-hybridized carbons (Fsp3) is 0.238. The highest BCUT2D eigenvalue weighted by Crippen LogP contribution is 2.40. The van der Waals surface area contributed by atoms with Gasteiger partial charge in [-0.05, 0) is 6.07 Å². The van der Waals surface area contributed by atoms with Crippen LogP contribution in [0.2, 0.25) is 0 Å². The van der Waals surface area contributed by atoms with E-state index in [1.807, 2.05) is 0 Å². The quantitative estimate of drug-likeness (QED) is 0.0956. The van der Waals surface area contributed by atoms with E-state index in [1.54, 1.807) is 35.4 Å². The number of nitrogen functional groups attached to an aromatic ring is 1. The summed E-state index contributed by atoms with van der Waals surface area (Å²) in [5.74, 6) is -3.32. The number of hydrogen-bond acceptors (Lipinski definition) is 13. The van der Waals surface area contributed by atoms with E-state index in [1.165, 1.54) is 18.8 Å². The number of oxime groups is 1. The molecule has 2 aliphatic rings. The molecule has 16 nitrogen and oxygen atoms in total. The lowest BCUT2D eigenvalue weighted by Gasteiger charge is -2.50. The van der Waals surface area contributed by atoms with Crippen molar-refractivity contribution in [2.24, 2.45) is 5.16 Å². The number of amides is 3. The number of fused-ring (bicyclic) bond motifs is 2. The molecule has 2 atom stereocenters. The first-order valence-corrected chi connectivity index (χ1v) is 11.9. The van der Waals surface area contributed by atoms with Gasteiger partial charge in [0.05, 0.1) is 23.3 Å². The molecule has 196 valence electrons. The smallest absolute Gasteiger partial charge is 0.433 e. The molecular weight excluding hydrogens is 524 g/mol. The van der Waals surface area contributed by atoms with Crippen LogP contribution >= 0.6 is 11.8 Å². The number of furan rings is 1. The van der Waals surface area contributed by atoms with Crippen molar-refractivity contribution in [3.63, 3.8) is 0 Å². The summed E-state index contributed by atoms with van der Waals surface area (Å²) >= 11 is 1.26. The second-order valence-corrected chi connectivity index (χ2v) is 9.09. The van der Waals surface area contributed by atoms with Gasteiger partial charge in [-0.1, -0.05) is 10.3 Å². The average Bonchev–Trinajstić information content (AvgIpc) is 3.55. The molecule has 3 amide bonds. The maximum absolute atomic E-state index is 13.0. The molecule has 1 unspecified atom stereocenters. The van der Waals surface area contributed by atoms with Crippen LogP contribution in [0.15, 0.2) is 56.2 Å². The predicted octanol–water partition coefficient (Wildman–Crippen LogP) is -2.15. The van der Waals surface area contributed by atoms with Crippen LogP contribution in [-0.2, 0) is 25.8 Å². The fourth-order valence-electron chi connectivity index (χ4n) is 3.93. The van der Waals surface area contributed by atoms with Crippen LogP contribution < -0.4 is 26.0 Å². The zero-order valence-corrected chi connectivity index (χ0v) is 20.3. The lowest BCUT2D eigenvalue weighted by Crippen LogP contribution is -2.71. The number of aromatic nitrogens is 3. The molecular formula is C21H18N8O8S. The second kappa shape index (κ2) is 9.85. The molecule has 0 aromatic carbocycles. The summed E-state index contributed by atoms with van der Waals surface area (Å²) in [5, 5.41) is 23.7. The molecule has 0 bridgehead atoms. The summed E-state index contributed by atoms with van der Waals surface area (Å²) in [7, 11) is 1.27. The van der Waals surface area contributed by atoms with Gasteiger partial charge in [-0.25, -0.2) is 9.36 Å². The van der Waals surface area contributed by atoms with Gasteiger partial charge in [0.25, 0.3) is 11.8 Å². The number of carbonyl (C=O) groups is 4. The van der Waals surface area contributed by atoms with Gasteiger partial charge in [0.2, 0.25) is 11.5 Å². The number of anilines is 1. The Morgan fingerprint density at radius 2 is 2.21 bits per heavy atom. The zero-order valence-electron chi connectivity index (χ0n) is 19.4. The molecule has 17 heteroatoms. The van der Waals surface area contributed by atoms with E-state index in [2.05, 4.69) is 35.3 Å². The summed E-state index contributed by atoms with van der Waals surface area (Å²) in [6.07, 6.45) is 4.09. The summed E-state index contributed by atoms with van der Waals surface area (Å²) in [6, 6.07) is 2.03. The molecule has 0 spiro atoms. The van der Waals surface area contributed by atoms with Gasteiger partial charge in [-0.3, -0.25) is 19.3 Å². The van der Waals surface area contributed by atoms with Crippen molar-refractivity contribution in [2.45, 2.75) is 18.0 Å². The minimum atomic E-state index is -1.52. The van der Waals surface area contributed by atoms with Gasteiger partial charge in [0.1, 0.15) is 17.0 Å². The Morgan fingerprint density at radius 1 is 1.39 bits per heavy atom. The third kappa shape index (κ3) is 4.49. The maximum atomic E-state index is 13.0. The number of nitrogens with two attached hydrogens (primary N) is 1. The van der Waals surface area contributed by atoms with E-state index in [9.17, 15) is 24.3 Å². The zero-order chi connectivity index (χ0) is 27.0. The number of nitrogens with zero attached hydrogens (tertiary/aromatic N) is 5. The Kier molecular flexibility index (Phi) is 6.41. The first-order valence-electron chi connectivity index (χ1n) is 10.9. The van der Waals surface area contributed by atoms with Gasteiger partial charge in [0.15, 0.2) is 18.9 Å². The third-order valence-electron chi connectivity index (χ3n) is 5.64. The number of aliphatic carboxylic acids is 1. The van der Waals surface area contributed by atoms with Crippen LogP contribution in [0, 0.1) is 0 Å². The number of carbonyl (C=O) groups excluding carboxylic acids is 4. The Morgan fingerprint density at radius 3 is 2.92 bits per heavy atom. The van der Waals surface area contributed by atoms with Gasteiger partial charge in [-0.15, -0.1) is 11.8 Å². The highest BCUT2D eigenvalue weighted by molar-refractivity contribution is 8.00. The van der Waals surface area contributed by atoms with Crippen molar-refractivity contribution < 1.29 is 42.6 Å². The lowest BCUT2D eigenvalue weighted by atomic mass is 10.0. The van der Waals surface area contributed by atoms with Crippen LogP contribution in [0.4, 0.5) is 10.8 Å². The Labute approximate surface area is 216 Å². The highest BCUT2D eigenvalue weighted by atomic mass is 32.2. The molecule has 1 saturated heterocycles. The maximum Gasteiger partial charge on any atom is 0.433 e. The van der Waals surface area contributed by atoms with Crippen LogP contribution in [0.3, 0.4) is 0 Å². The number of β-lactam (4-membered cyclic amide) rings is 1. The van der Waals surface area contributed by atoms with Crippen molar-refractivity contribution in [1.82, 2.24) is 25.7 Å². The van der Waals surface area contributed by atoms with E-state index >= 15 is 0 Å². The monoisotopic (exact) mass is 542 g/mol. The Bertz CT molecular complexity index is 1530. The topological polar surface area (TPSA) is 222 Å². The standard InChI is InChI=1S/C21H18N8O8S/c1-23-21(34)37-26-12(15-25-20(22)36-27-15)16(30)24-13-17(31)29-14(19(32)33)10(8-38-18(13)29)7-28-4-2-11-9(6-28)3-5-35-11/h2-6,13,18H,7-8H2,1H3,(H4-,22,23,24,25,27,30,32,33,34)/b26-12+/t13?,18-/m1/s1. The average molecular weight is 542 g/mol. The second-order valence-electron chi connectivity index (χ2n) is 7.98. The van der Waals surface area contributed by atoms with Crippen LogP contribution in [0.5, 0.6) is 0 Å². The van der Waals surface area contributed by atoms with Crippen LogP contribution in [0.25, 0.3) is 11.0 Å². The SMILES string of the molecule is CNC(=O)O/N=C(/C(=O)NC1C(=O)N2C(C(=O)[O-])=C(C[n+]3ccc4occc4c3)CS[C@H]12)c1noc(N)n1. The molecule has 0 radical (unpaired) electrons. The molecule has 5 rings (SSSR count). The summed E-state index contributed by atoms with van der Waals surface area (Å²) in [4.78, 5) is 58.7. The first kappa shape index (κ1) is 24.8. The van der Waals surface area contributed by atoms with Gasteiger partial charge >= 0.3 is 12.1 Å². The van der Waals surface area contributed by atoms with Crippen molar-refractivity contribution in [2.75, 3.05) is 18.5 Å². The van der Waals surface area contributed by atoms with Crippen LogP contribution in [-0.4, -0.2) is 68.8 Å². The number of nitrogens with one attached hydrogen (secondary N) is 2. The molecule has 4 N–H and O–H groups in total. The summed E-state index contributed by atoms with van der Waals surface area (Å²) < 4.78 is 11.7. The minimum Gasteiger partial charge on any atom is -0.543 e. The van der Waals surface area contributed by atoms with E-state index in [-0.39, 0.29) is 24.0 Å². The summed E-state index contributed by atoms with van der Waals surface area (Å²) in [6.45, 7) is 0.192. The number of rotatable bonds is 7. The predicted molar refractivity (Wildman–Crippen MR) is 124 cm³/mol. The van der Waals surface area contributed by atoms with Crippen molar-refractivity contribution >= 4 is 58.3 Å². The fourth-order valence-corrected chi connectivity index (χ4v) is 5.26. The van der Waals surface area contributed by atoms with Crippen molar-refractivity contribution in [1.29, 1.82) is 0 Å². The van der Waals surface area contributed by atoms with E-state index in [0.29, 0.717) is 11.2 Å². The molecule has 2 aliphatic heterocycles. The van der Waals surface area contributed by atoms with E-state index in [4.69, 9.17) is 10.2 Å². The normalized spacial score (nSPS) is 19.1. The summed E-state index contributed by atoms with van der Waals surface area (Å²) in [5.41, 5.74) is 5.68. The number of carboxylic acids is 1. The van der Waals surface area contributed by atoms with Gasteiger partial charge in [0, 0.05) is 24.4 Å². The molecule has 38 heavy (non-hydrogen) atoms. The molecule has 3 aromatic rings. The molecule has 5 heterocycles. The Balaban J connectivity index is 1.35. The number of pyridine rings is 1. The van der Waals surface area contributed by atoms with Crippen molar-refractivity contribution in [3.8, 4) is 0 Å². The van der Waals surface area contributed by atoms with Gasteiger partial charge in [-0.2, -0.15) is 4.98 Å². The minimum absolute atomic E-state index is 0.192. The third-order valence-corrected chi connectivity index (χ3v) is 6.98. The Hall–Kier alpha value is -4.93. The molecule has 0 aliphatic carbocycles. The first-order chi connectivity index (χ1) is 18.3. The van der Waals surface area contributed by atoms with Gasteiger partial charge < -0.3 is 35.2 Å². The van der Waals surface area contributed by atoms with Crippen molar-refractivity contribution in [3.05, 3.63) is 47.9 Å². The van der Waals surface area contributed by atoms with E-state index < -0.39 is 46.8 Å².